The summed E-state index contributed by atoms with van der Waals surface area (Å²) in [6.45, 7) is 6.87. The van der Waals surface area contributed by atoms with E-state index in [9.17, 15) is 4.39 Å². The fraction of sp³-hybridized carbons (Fsp3) is 0.370. The Kier molecular flexibility index (Phi) is 5.80. The molecule has 0 spiro atoms. The Balaban J connectivity index is 1.87. The molecular formula is C27H30FN. The Bertz CT molecular complexity index is 1010. The lowest BCUT2D eigenvalue weighted by atomic mass is 9.90. The molecule has 2 unspecified atom stereocenters. The third-order valence-corrected chi connectivity index (χ3v) is 6.12. The lowest BCUT2D eigenvalue weighted by molar-refractivity contribution is 0.456. The first-order valence-corrected chi connectivity index (χ1v) is 10.9. The minimum atomic E-state index is -0.200. The number of nitrogens with zero attached hydrogens (tertiary/aromatic N) is 1. The van der Waals surface area contributed by atoms with Gasteiger partial charge in [0.2, 0.25) is 0 Å². The van der Waals surface area contributed by atoms with Gasteiger partial charge in [-0.1, -0.05) is 69.7 Å². The summed E-state index contributed by atoms with van der Waals surface area (Å²) in [6.07, 6.45) is 9.45. The van der Waals surface area contributed by atoms with Gasteiger partial charge in [0.15, 0.2) is 0 Å². The van der Waals surface area contributed by atoms with E-state index >= 15 is 0 Å². The van der Waals surface area contributed by atoms with Crippen LogP contribution < -0.4 is 0 Å². The Morgan fingerprint density at radius 3 is 2.48 bits per heavy atom. The standard InChI is InChI=1S/C27H30FN/c1-4-18(2)17-19(3)9-16-24-26(20-12-14-22(28)15-13-20)23-7-5-6-8-25(23)29-27(24)21-10-11-21/h5-9,12-16,18-19,21H,4,10-11,17H2,1-3H3/b16-9+. The molecule has 29 heavy (non-hydrogen) atoms. The molecule has 1 aliphatic carbocycles. The number of hydrogen-bond acceptors (Lipinski definition) is 1. The van der Waals surface area contributed by atoms with Crippen molar-refractivity contribution in [3.05, 3.63) is 71.7 Å². The number of halogens is 1. The number of pyridine rings is 1. The zero-order valence-corrected chi connectivity index (χ0v) is 17.7. The highest BCUT2D eigenvalue weighted by molar-refractivity contribution is 5.99. The molecule has 150 valence electrons. The minimum Gasteiger partial charge on any atom is -0.252 e. The Hall–Kier alpha value is -2.48. The van der Waals surface area contributed by atoms with Crippen molar-refractivity contribution < 1.29 is 4.39 Å². The predicted molar refractivity (Wildman–Crippen MR) is 121 cm³/mol. The molecule has 0 amide bonds. The van der Waals surface area contributed by atoms with Crippen LogP contribution in [0.2, 0.25) is 0 Å². The smallest absolute Gasteiger partial charge is 0.123 e. The van der Waals surface area contributed by atoms with Crippen molar-refractivity contribution in [2.45, 2.75) is 52.4 Å². The van der Waals surface area contributed by atoms with E-state index < -0.39 is 0 Å². The number of aromatic nitrogens is 1. The van der Waals surface area contributed by atoms with Gasteiger partial charge in [0.1, 0.15) is 5.82 Å². The molecule has 1 heterocycles. The highest BCUT2D eigenvalue weighted by Crippen LogP contribution is 2.45. The second-order valence-corrected chi connectivity index (χ2v) is 8.67. The molecule has 1 nitrogen and oxygen atoms in total. The first-order chi connectivity index (χ1) is 14.1. The van der Waals surface area contributed by atoms with E-state index in [-0.39, 0.29) is 5.82 Å². The number of benzene rings is 2. The molecule has 2 aromatic carbocycles. The van der Waals surface area contributed by atoms with Gasteiger partial charge in [-0.05, 0) is 54.9 Å². The minimum absolute atomic E-state index is 0.200. The maximum atomic E-state index is 13.6. The average Bonchev–Trinajstić information content (AvgIpc) is 3.57. The first-order valence-electron chi connectivity index (χ1n) is 10.9. The van der Waals surface area contributed by atoms with E-state index in [0.29, 0.717) is 11.8 Å². The van der Waals surface area contributed by atoms with Crippen LogP contribution in [-0.2, 0) is 0 Å². The summed E-state index contributed by atoms with van der Waals surface area (Å²) in [4.78, 5) is 5.07. The average molecular weight is 388 g/mol. The molecule has 1 aromatic heterocycles. The van der Waals surface area contributed by atoms with Gasteiger partial charge in [-0.2, -0.15) is 0 Å². The van der Waals surface area contributed by atoms with Gasteiger partial charge in [0, 0.05) is 22.4 Å². The molecule has 0 bridgehead atoms. The molecule has 1 aliphatic rings. The van der Waals surface area contributed by atoms with E-state index in [1.807, 2.05) is 18.2 Å². The fourth-order valence-corrected chi connectivity index (χ4v) is 4.15. The zero-order valence-electron chi connectivity index (χ0n) is 17.7. The molecule has 2 heteroatoms. The third kappa shape index (κ3) is 4.42. The van der Waals surface area contributed by atoms with Crippen LogP contribution in [0.25, 0.3) is 28.1 Å². The number of hydrogen-bond donors (Lipinski definition) is 0. The summed E-state index contributed by atoms with van der Waals surface area (Å²) in [5, 5.41) is 1.14. The molecule has 1 saturated carbocycles. The van der Waals surface area contributed by atoms with Gasteiger partial charge in [0.05, 0.1) is 11.2 Å². The number of allylic oxidation sites excluding steroid dienone is 1. The summed E-state index contributed by atoms with van der Waals surface area (Å²) in [5.74, 6) is 1.59. The second kappa shape index (κ2) is 8.49. The zero-order chi connectivity index (χ0) is 20.4. The molecular weight excluding hydrogens is 357 g/mol. The van der Waals surface area contributed by atoms with Crippen molar-refractivity contribution in [1.82, 2.24) is 4.98 Å². The van der Waals surface area contributed by atoms with Crippen molar-refractivity contribution in [2.24, 2.45) is 11.8 Å². The fourth-order valence-electron chi connectivity index (χ4n) is 4.15. The largest absolute Gasteiger partial charge is 0.252 e. The van der Waals surface area contributed by atoms with Crippen molar-refractivity contribution in [2.75, 3.05) is 0 Å². The van der Waals surface area contributed by atoms with Crippen molar-refractivity contribution in [3.8, 4) is 11.1 Å². The summed E-state index contributed by atoms with van der Waals surface area (Å²) < 4.78 is 13.6. The molecule has 0 radical (unpaired) electrons. The van der Waals surface area contributed by atoms with Gasteiger partial charge >= 0.3 is 0 Å². The highest BCUT2D eigenvalue weighted by atomic mass is 19.1. The van der Waals surface area contributed by atoms with Gasteiger partial charge in [-0.15, -0.1) is 0 Å². The molecule has 2 atom stereocenters. The number of rotatable bonds is 7. The van der Waals surface area contributed by atoms with Crippen LogP contribution in [0.15, 0.2) is 54.6 Å². The lowest BCUT2D eigenvalue weighted by Crippen LogP contribution is -2.01. The maximum absolute atomic E-state index is 13.6. The van der Waals surface area contributed by atoms with Gasteiger partial charge < -0.3 is 0 Å². The third-order valence-electron chi connectivity index (χ3n) is 6.12. The second-order valence-electron chi connectivity index (χ2n) is 8.67. The van der Waals surface area contributed by atoms with Crippen LogP contribution in [-0.4, -0.2) is 4.98 Å². The van der Waals surface area contributed by atoms with Crippen LogP contribution in [0.4, 0.5) is 4.39 Å². The van der Waals surface area contributed by atoms with Gasteiger partial charge in [-0.3, -0.25) is 4.98 Å². The Labute approximate surface area is 173 Å². The van der Waals surface area contributed by atoms with Crippen LogP contribution in [0.5, 0.6) is 0 Å². The maximum Gasteiger partial charge on any atom is 0.123 e. The Morgan fingerprint density at radius 2 is 1.79 bits per heavy atom. The topological polar surface area (TPSA) is 12.9 Å². The summed E-state index contributed by atoms with van der Waals surface area (Å²) in [6, 6.07) is 15.2. The van der Waals surface area contributed by atoms with Crippen molar-refractivity contribution >= 4 is 17.0 Å². The van der Waals surface area contributed by atoms with Crippen LogP contribution in [0.1, 0.15) is 63.6 Å². The SMILES string of the molecule is CCC(C)CC(C)/C=C/c1c(C2CC2)nc2ccccc2c1-c1ccc(F)cc1. The van der Waals surface area contributed by atoms with Crippen LogP contribution in [0, 0.1) is 17.7 Å². The van der Waals surface area contributed by atoms with Gasteiger partial charge in [0.25, 0.3) is 0 Å². The summed E-state index contributed by atoms with van der Waals surface area (Å²) >= 11 is 0. The Morgan fingerprint density at radius 1 is 1.07 bits per heavy atom. The van der Waals surface area contributed by atoms with Crippen LogP contribution >= 0.6 is 0 Å². The normalized spacial score (nSPS) is 16.4. The molecule has 4 rings (SSSR count). The van der Waals surface area contributed by atoms with E-state index in [1.165, 1.54) is 42.5 Å². The molecule has 0 N–H and O–H groups in total. The monoisotopic (exact) mass is 387 g/mol. The van der Waals surface area contributed by atoms with E-state index in [4.69, 9.17) is 4.98 Å². The van der Waals surface area contributed by atoms with E-state index in [2.05, 4.69) is 51.1 Å². The quantitative estimate of drug-likeness (QED) is 0.400. The molecule has 0 saturated heterocycles. The van der Waals surface area contributed by atoms with E-state index in [1.54, 1.807) is 12.1 Å². The highest BCUT2D eigenvalue weighted by Gasteiger charge is 2.29. The molecule has 3 aromatic rings. The lowest BCUT2D eigenvalue weighted by Gasteiger charge is -2.17. The summed E-state index contributed by atoms with van der Waals surface area (Å²) in [5.41, 5.74) is 5.69. The molecule has 1 fully saturated rings. The van der Waals surface area contributed by atoms with Gasteiger partial charge in [-0.25, -0.2) is 4.39 Å². The van der Waals surface area contributed by atoms with Crippen molar-refractivity contribution in [3.63, 3.8) is 0 Å². The summed E-state index contributed by atoms with van der Waals surface area (Å²) in [7, 11) is 0. The number of fused-ring (bicyclic) bond motifs is 1. The predicted octanol–water partition coefficient (Wildman–Crippen LogP) is 8.00. The number of para-hydroxylation sites is 1. The molecule has 0 aliphatic heterocycles. The van der Waals surface area contributed by atoms with Crippen molar-refractivity contribution in [1.29, 1.82) is 0 Å². The van der Waals surface area contributed by atoms with Crippen LogP contribution in [0.3, 0.4) is 0 Å². The first kappa shape index (κ1) is 19.8. The van der Waals surface area contributed by atoms with E-state index in [0.717, 1.165) is 22.4 Å².